The van der Waals surface area contributed by atoms with Crippen LogP contribution >= 0.6 is 58.0 Å². The first kappa shape index (κ1) is 18.4. The van der Waals surface area contributed by atoms with Crippen LogP contribution in [0.1, 0.15) is 13.3 Å². The zero-order chi connectivity index (χ0) is 14.8. The molecule has 0 aliphatic carbocycles. The summed E-state index contributed by atoms with van der Waals surface area (Å²) in [5.74, 6) is -1.95. The summed E-state index contributed by atoms with van der Waals surface area (Å²) in [7, 11) is 2.16. The van der Waals surface area contributed by atoms with Gasteiger partial charge in [0.25, 0.3) is 0 Å². The summed E-state index contributed by atoms with van der Waals surface area (Å²) >= 11 is 28.9. The SMILES string of the molecule is COC(=O)C(C)(Cl)C(Cl)(CC(Cl)(Cl)Cl)C(=O)OC. The van der Waals surface area contributed by atoms with Gasteiger partial charge in [-0.25, -0.2) is 0 Å². The molecule has 4 nitrogen and oxygen atoms in total. The minimum atomic E-state index is -2.08. The van der Waals surface area contributed by atoms with Gasteiger partial charge in [-0.3, -0.25) is 9.59 Å². The summed E-state index contributed by atoms with van der Waals surface area (Å²) < 4.78 is 7.08. The molecule has 0 spiro atoms. The van der Waals surface area contributed by atoms with Crippen LogP contribution in [-0.4, -0.2) is 39.7 Å². The molecule has 0 radical (unpaired) electrons. The molecule has 2 atom stereocenters. The lowest BCUT2D eigenvalue weighted by Crippen LogP contribution is -2.57. The van der Waals surface area contributed by atoms with E-state index >= 15 is 0 Å². The third-order valence-corrected chi connectivity index (χ3v) is 3.91. The lowest BCUT2D eigenvalue weighted by molar-refractivity contribution is -0.153. The molecule has 9 heteroatoms. The Morgan fingerprint density at radius 3 is 1.61 bits per heavy atom. The maximum absolute atomic E-state index is 11.8. The Hall–Kier alpha value is 0.390. The van der Waals surface area contributed by atoms with Crippen molar-refractivity contribution in [2.45, 2.75) is 26.9 Å². The van der Waals surface area contributed by atoms with Gasteiger partial charge < -0.3 is 9.47 Å². The molecule has 0 aromatic carbocycles. The van der Waals surface area contributed by atoms with Gasteiger partial charge in [0, 0.05) is 6.42 Å². The summed E-state index contributed by atoms with van der Waals surface area (Å²) in [5.41, 5.74) is 0. The van der Waals surface area contributed by atoms with E-state index in [0.29, 0.717) is 0 Å². The highest BCUT2D eigenvalue weighted by Crippen LogP contribution is 2.47. The zero-order valence-electron chi connectivity index (χ0n) is 9.73. The Kier molecular flexibility index (Phi) is 6.36. The Bertz CT molecular complexity index is 338. The summed E-state index contributed by atoms with van der Waals surface area (Å²) in [6, 6.07) is 0. The summed E-state index contributed by atoms with van der Waals surface area (Å²) in [5, 5.41) is 0. The highest BCUT2D eigenvalue weighted by Gasteiger charge is 2.61. The fourth-order valence-corrected chi connectivity index (χ4v) is 2.60. The van der Waals surface area contributed by atoms with Crippen molar-refractivity contribution in [3.8, 4) is 0 Å². The molecule has 106 valence electrons. The molecular formula is C9H11Cl5O4. The largest absolute Gasteiger partial charge is 0.468 e. The highest BCUT2D eigenvalue weighted by molar-refractivity contribution is 6.68. The van der Waals surface area contributed by atoms with Crippen molar-refractivity contribution >= 4 is 69.9 Å². The van der Waals surface area contributed by atoms with Gasteiger partial charge in [-0.2, -0.15) is 0 Å². The molecule has 18 heavy (non-hydrogen) atoms. The molecule has 0 amide bonds. The van der Waals surface area contributed by atoms with Gasteiger partial charge in [0.2, 0.25) is 0 Å². The first-order valence-electron chi connectivity index (χ1n) is 4.54. The third-order valence-electron chi connectivity index (χ3n) is 2.27. The second-order valence-corrected chi connectivity index (χ2v) is 7.50. The fourth-order valence-electron chi connectivity index (χ4n) is 1.22. The molecule has 0 heterocycles. The molecule has 0 saturated carbocycles. The number of carbonyl (C=O) groups is 2. The molecule has 0 aliphatic heterocycles. The van der Waals surface area contributed by atoms with Crippen molar-refractivity contribution in [3.63, 3.8) is 0 Å². The lowest BCUT2D eigenvalue weighted by Gasteiger charge is -2.36. The molecule has 0 aromatic rings. The Labute approximate surface area is 130 Å². The topological polar surface area (TPSA) is 52.6 Å². The van der Waals surface area contributed by atoms with E-state index < -0.39 is 31.9 Å². The van der Waals surface area contributed by atoms with E-state index in [9.17, 15) is 9.59 Å². The van der Waals surface area contributed by atoms with E-state index in [4.69, 9.17) is 58.0 Å². The molecule has 0 fully saturated rings. The number of halogens is 5. The minimum Gasteiger partial charge on any atom is -0.468 e. The van der Waals surface area contributed by atoms with Crippen LogP contribution in [0.4, 0.5) is 0 Å². The van der Waals surface area contributed by atoms with Gasteiger partial charge >= 0.3 is 11.9 Å². The lowest BCUT2D eigenvalue weighted by atomic mass is 9.89. The smallest absolute Gasteiger partial charge is 0.329 e. The molecule has 0 rings (SSSR count). The van der Waals surface area contributed by atoms with Gasteiger partial charge in [0.05, 0.1) is 14.2 Å². The number of ether oxygens (including phenoxy) is 2. The van der Waals surface area contributed by atoms with Gasteiger partial charge in [0.15, 0.2) is 13.5 Å². The Morgan fingerprint density at radius 2 is 1.33 bits per heavy atom. The second-order valence-electron chi connectivity index (χ2n) is 3.58. The normalized spacial score (nSPS) is 18.4. The van der Waals surface area contributed by atoms with Gasteiger partial charge in [-0.1, -0.05) is 34.8 Å². The van der Waals surface area contributed by atoms with Crippen LogP contribution in [-0.2, 0) is 19.1 Å². The third kappa shape index (κ3) is 3.94. The maximum Gasteiger partial charge on any atom is 0.329 e. The zero-order valence-corrected chi connectivity index (χ0v) is 13.5. The van der Waals surface area contributed by atoms with Crippen molar-refractivity contribution in [3.05, 3.63) is 0 Å². The van der Waals surface area contributed by atoms with Crippen molar-refractivity contribution in [2.24, 2.45) is 0 Å². The average Bonchev–Trinajstić information content (AvgIpc) is 2.23. The predicted octanol–water partition coefficient (Wildman–Crippen LogP) is 3.07. The minimum absolute atomic E-state index is 0.534. The van der Waals surface area contributed by atoms with Crippen molar-refractivity contribution in [2.75, 3.05) is 14.2 Å². The number of methoxy groups -OCH3 is 2. The molecule has 2 unspecified atom stereocenters. The fraction of sp³-hybridized carbons (Fsp3) is 0.778. The summed E-state index contributed by atoms with van der Waals surface area (Å²) in [4.78, 5) is 19.3. The molecule has 0 aliphatic rings. The number of hydrogen-bond acceptors (Lipinski definition) is 4. The van der Waals surface area contributed by atoms with E-state index in [-0.39, 0.29) is 0 Å². The summed E-state index contributed by atoms with van der Waals surface area (Å²) in [6.07, 6.45) is -0.534. The number of carbonyl (C=O) groups excluding carboxylic acids is 2. The second kappa shape index (κ2) is 6.23. The maximum atomic E-state index is 11.8. The standard InChI is InChI=1S/C9H11Cl5O4/c1-7(10,5(15)17-2)8(11,6(16)18-3)4-9(12,13)14/h4H2,1-3H3. The van der Waals surface area contributed by atoms with Crippen LogP contribution < -0.4 is 0 Å². The van der Waals surface area contributed by atoms with E-state index in [1.807, 2.05) is 0 Å². The van der Waals surface area contributed by atoms with Crippen LogP contribution in [0.3, 0.4) is 0 Å². The average molecular weight is 360 g/mol. The van der Waals surface area contributed by atoms with E-state index in [1.54, 1.807) is 0 Å². The van der Waals surface area contributed by atoms with Gasteiger partial charge in [0.1, 0.15) is 0 Å². The molecule has 0 N–H and O–H groups in total. The van der Waals surface area contributed by atoms with Crippen LogP contribution in [0, 0.1) is 0 Å². The molecule has 0 bridgehead atoms. The monoisotopic (exact) mass is 358 g/mol. The number of alkyl halides is 5. The van der Waals surface area contributed by atoms with Gasteiger partial charge in [-0.15, -0.1) is 23.2 Å². The van der Waals surface area contributed by atoms with E-state index in [0.717, 1.165) is 14.2 Å². The van der Waals surface area contributed by atoms with Gasteiger partial charge in [-0.05, 0) is 6.92 Å². The number of esters is 2. The predicted molar refractivity (Wildman–Crippen MR) is 71.8 cm³/mol. The highest BCUT2D eigenvalue weighted by atomic mass is 35.6. The van der Waals surface area contributed by atoms with E-state index in [1.165, 1.54) is 6.92 Å². The summed E-state index contributed by atoms with van der Waals surface area (Å²) in [6.45, 7) is 1.18. The number of hydrogen-bond donors (Lipinski definition) is 0. The van der Waals surface area contributed by atoms with Crippen molar-refractivity contribution in [1.29, 1.82) is 0 Å². The van der Waals surface area contributed by atoms with Crippen LogP contribution in [0.15, 0.2) is 0 Å². The Morgan fingerprint density at radius 1 is 0.944 bits per heavy atom. The quantitative estimate of drug-likeness (QED) is 0.571. The first-order chi connectivity index (χ1) is 7.92. The van der Waals surface area contributed by atoms with Crippen molar-refractivity contribution in [1.82, 2.24) is 0 Å². The molecule has 0 aromatic heterocycles. The molecular weight excluding hydrogens is 349 g/mol. The van der Waals surface area contributed by atoms with Crippen molar-refractivity contribution < 1.29 is 19.1 Å². The van der Waals surface area contributed by atoms with E-state index in [2.05, 4.69) is 9.47 Å². The Balaban J connectivity index is 5.62. The van der Waals surface area contributed by atoms with Crippen LogP contribution in [0.25, 0.3) is 0 Å². The van der Waals surface area contributed by atoms with Crippen LogP contribution in [0.5, 0.6) is 0 Å². The number of rotatable bonds is 4. The van der Waals surface area contributed by atoms with Crippen LogP contribution in [0.2, 0.25) is 0 Å². The molecule has 0 saturated heterocycles. The first-order valence-corrected chi connectivity index (χ1v) is 6.42.